The fraction of sp³-hybridized carbons (Fsp3) is 0.562. The highest BCUT2D eigenvalue weighted by atomic mass is 14.9. The van der Waals surface area contributed by atoms with Gasteiger partial charge in [0.1, 0.15) is 0 Å². The van der Waals surface area contributed by atoms with Crippen molar-refractivity contribution < 1.29 is 0 Å². The van der Waals surface area contributed by atoms with E-state index < -0.39 is 0 Å². The molecule has 1 aromatic rings. The molecule has 1 N–H and O–H groups in total. The average molecular weight is 242 g/mol. The van der Waals surface area contributed by atoms with Gasteiger partial charge >= 0.3 is 0 Å². The molecule has 0 saturated heterocycles. The molecular formula is C16H22N2. The molecule has 2 rings (SSSR count). The van der Waals surface area contributed by atoms with Gasteiger partial charge in [-0.05, 0) is 57.2 Å². The molecule has 0 fully saturated rings. The predicted molar refractivity (Wildman–Crippen MR) is 74.3 cm³/mol. The molecule has 2 nitrogen and oxygen atoms in total. The zero-order chi connectivity index (χ0) is 13.0. The van der Waals surface area contributed by atoms with E-state index in [4.69, 9.17) is 5.26 Å². The van der Waals surface area contributed by atoms with Crippen LogP contribution in [0.4, 0.5) is 0 Å². The summed E-state index contributed by atoms with van der Waals surface area (Å²) in [6.07, 6.45) is 4.35. The van der Waals surface area contributed by atoms with Crippen molar-refractivity contribution >= 4 is 0 Å². The van der Waals surface area contributed by atoms with Gasteiger partial charge < -0.3 is 5.32 Å². The predicted octanol–water partition coefficient (Wildman–Crippen LogP) is 3.07. The van der Waals surface area contributed by atoms with Crippen LogP contribution >= 0.6 is 0 Å². The summed E-state index contributed by atoms with van der Waals surface area (Å²) in [6, 6.07) is 11.7. The van der Waals surface area contributed by atoms with Crippen molar-refractivity contribution in [3.8, 4) is 6.07 Å². The molecule has 18 heavy (non-hydrogen) atoms. The Hall–Kier alpha value is -1.33. The molecule has 0 radical (unpaired) electrons. The van der Waals surface area contributed by atoms with Gasteiger partial charge in [-0.1, -0.05) is 24.3 Å². The first-order valence-corrected chi connectivity index (χ1v) is 6.82. The summed E-state index contributed by atoms with van der Waals surface area (Å²) in [5, 5.41) is 12.6. The van der Waals surface area contributed by atoms with Gasteiger partial charge in [0.25, 0.3) is 0 Å². The number of rotatable bonds is 5. The summed E-state index contributed by atoms with van der Waals surface area (Å²) in [4.78, 5) is 0. The number of nitrogens with zero attached hydrogens (tertiary/aromatic N) is 1. The van der Waals surface area contributed by atoms with E-state index in [2.05, 4.69) is 35.7 Å². The number of nitriles is 1. The Bertz CT molecular complexity index is 418. The molecule has 0 aromatic heterocycles. The van der Waals surface area contributed by atoms with Gasteiger partial charge in [-0.15, -0.1) is 0 Å². The number of benzene rings is 1. The zero-order valence-electron chi connectivity index (χ0n) is 11.4. The maximum absolute atomic E-state index is 8.95. The lowest BCUT2D eigenvalue weighted by Crippen LogP contribution is -2.30. The minimum atomic E-state index is -0.180. The van der Waals surface area contributed by atoms with Crippen LogP contribution in [0.5, 0.6) is 0 Å². The third-order valence-electron chi connectivity index (χ3n) is 3.77. The summed E-state index contributed by atoms with van der Waals surface area (Å²) in [5.74, 6) is 0. The molecule has 1 aliphatic rings. The van der Waals surface area contributed by atoms with Crippen LogP contribution in [0, 0.1) is 16.7 Å². The highest BCUT2D eigenvalue weighted by molar-refractivity contribution is 5.33. The average Bonchev–Trinajstić information content (AvgIpc) is 2.77. The minimum absolute atomic E-state index is 0.180. The fourth-order valence-corrected chi connectivity index (χ4v) is 2.60. The summed E-state index contributed by atoms with van der Waals surface area (Å²) < 4.78 is 0. The van der Waals surface area contributed by atoms with E-state index in [9.17, 15) is 0 Å². The maximum Gasteiger partial charge on any atom is 0.0683 e. The molecule has 96 valence electrons. The Balaban J connectivity index is 1.70. The minimum Gasteiger partial charge on any atom is -0.313 e. The third kappa shape index (κ3) is 3.34. The van der Waals surface area contributed by atoms with Crippen LogP contribution < -0.4 is 5.32 Å². The first-order chi connectivity index (χ1) is 8.61. The molecule has 0 spiro atoms. The molecule has 1 aliphatic carbocycles. The van der Waals surface area contributed by atoms with Crippen LogP contribution in [-0.2, 0) is 12.8 Å². The number of hydrogen-bond acceptors (Lipinski definition) is 2. The molecule has 0 aliphatic heterocycles. The van der Waals surface area contributed by atoms with Gasteiger partial charge in [-0.3, -0.25) is 0 Å². The van der Waals surface area contributed by atoms with Crippen LogP contribution in [0.1, 0.15) is 37.8 Å². The van der Waals surface area contributed by atoms with Gasteiger partial charge in [0.05, 0.1) is 11.5 Å². The van der Waals surface area contributed by atoms with E-state index in [1.165, 1.54) is 11.1 Å². The molecular weight excluding hydrogens is 220 g/mol. The third-order valence-corrected chi connectivity index (χ3v) is 3.77. The van der Waals surface area contributed by atoms with Crippen molar-refractivity contribution in [1.82, 2.24) is 5.32 Å². The summed E-state index contributed by atoms with van der Waals surface area (Å²) in [6.45, 7) is 5.04. The van der Waals surface area contributed by atoms with Crippen molar-refractivity contribution in [3.05, 3.63) is 35.4 Å². The first-order valence-electron chi connectivity index (χ1n) is 6.82. The monoisotopic (exact) mass is 242 g/mol. The molecule has 0 heterocycles. The molecule has 0 bridgehead atoms. The van der Waals surface area contributed by atoms with E-state index in [0.717, 1.165) is 32.2 Å². The quantitative estimate of drug-likeness (QED) is 0.805. The Morgan fingerprint density at radius 2 is 1.89 bits per heavy atom. The molecule has 0 saturated carbocycles. The van der Waals surface area contributed by atoms with Gasteiger partial charge in [-0.2, -0.15) is 5.26 Å². The van der Waals surface area contributed by atoms with Crippen molar-refractivity contribution in [2.24, 2.45) is 5.41 Å². The lowest BCUT2D eigenvalue weighted by molar-refractivity contribution is 0.413. The van der Waals surface area contributed by atoms with Crippen molar-refractivity contribution in [3.63, 3.8) is 0 Å². The molecule has 0 amide bonds. The Morgan fingerprint density at radius 1 is 1.28 bits per heavy atom. The van der Waals surface area contributed by atoms with Gasteiger partial charge in [-0.25, -0.2) is 0 Å². The lowest BCUT2D eigenvalue weighted by atomic mass is 9.90. The van der Waals surface area contributed by atoms with Crippen LogP contribution in [0.15, 0.2) is 24.3 Å². The van der Waals surface area contributed by atoms with E-state index >= 15 is 0 Å². The molecule has 2 heteroatoms. The number of fused-ring (bicyclic) bond motifs is 1. The van der Waals surface area contributed by atoms with Gasteiger partial charge in [0, 0.05) is 6.04 Å². The summed E-state index contributed by atoms with van der Waals surface area (Å²) >= 11 is 0. The van der Waals surface area contributed by atoms with Gasteiger partial charge in [0.2, 0.25) is 0 Å². The number of nitrogens with one attached hydrogen (secondary N) is 1. The number of hydrogen-bond donors (Lipinski definition) is 1. The normalized spacial score (nSPS) is 15.4. The van der Waals surface area contributed by atoms with E-state index in [0.29, 0.717) is 6.04 Å². The Labute approximate surface area is 110 Å². The van der Waals surface area contributed by atoms with Gasteiger partial charge in [0.15, 0.2) is 0 Å². The van der Waals surface area contributed by atoms with Crippen LogP contribution in [0.3, 0.4) is 0 Å². The maximum atomic E-state index is 8.95. The van der Waals surface area contributed by atoms with Crippen molar-refractivity contribution in [2.45, 2.75) is 45.6 Å². The highest BCUT2D eigenvalue weighted by Crippen LogP contribution is 2.22. The van der Waals surface area contributed by atoms with Crippen LogP contribution in [0.25, 0.3) is 0 Å². The molecule has 1 aromatic carbocycles. The second kappa shape index (κ2) is 5.54. The molecule has 0 unspecified atom stereocenters. The Kier molecular flexibility index (Phi) is 4.04. The van der Waals surface area contributed by atoms with E-state index in [1.54, 1.807) is 0 Å². The topological polar surface area (TPSA) is 35.8 Å². The zero-order valence-corrected chi connectivity index (χ0v) is 11.4. The standard InChI is InChI=1S/C16H22N2/c1-16(2,12-17)8-5-9-18-15-10-13-6-3-4-7-14(13)11-15/h3-4,6-7,15,18H,5,8-11H2,1-2H3. The summed E-state index contributed by atoms with van der Waals surface area (Å²) in [5.41, 5.74) is 2.81. The van der Waals surface area contributed by atoms with E-state index in [1.807, 2.05) is 13.8 Å². The second-order valence-electron chi connectivity index (χ2n) is 5.93. The van der Waals surface area contributed by atoms with Crippen LogP contribution in [0.2, 0.25) is 0 Å². The van der Waals surface area contributed by atoms with Crippen molar-refractivity contribution in [1.29, 1.82) is 5.26 Å². The second-order valence-corrected chi connectivity index (χ2v) is 5.93. The van der Waals surface area contributed by atoms with Crippen molar-refractivity contribution in [2.75, 3.05) is 6.54 Å². The summed E-state index contributed by atoms with van der Waals surface area (Å²) in [7, 11) is 0. The largest absolute Gasteiger partial charge is 0.313 e. The van der Waals surface area contributed by atoms with Crippen LogP contribution in [-0.4, -0.2) is 12.6 Å². The first kappa shape index (κ1) is 13.1. The lowest BCUT2D eigenvalue weighted by Gasteiger charge is -2.16. The Morgan fingerprint density at radius 3 is 2.44 bits per heavy atom. The highest BCUT2D eigenvalue weighted by Gasteiger charge is 2.20. The van der Waals surface area contributed by atoms with E-state index in [-0.39, 0.29) is 5.41 Å². The molecule has 0 atom stereocenters. The fourth-order valence-electron chi connectivity index (χ4n) is 2.60. The smallest absolute Gasteiger partial charge is 0.0683 e. The SMILES string of the molecule is CC(C)(C#N)CCCNC1Cc2ccccc2C1.